The van der Waals surface area contributed by atoms with Gasteiger partial charge < -0.3 is 14.6 Å². The van der Waals surface area contributed by atoms with Gasteiger partial charge in [-0.25, -0.2) is 9.78 Å². The summed E-state index contributed by atoms with van der Waals surface area (Å²) in [5.74, 6) is 0.394. The molecule has 3 rings (SSSR count). The average molecular weight is 285 g/mol. The maximum absolute atomic E-state index is 10.9. The van der Waals surface area contributed by atoms with Crippen molar-refractivity contribution in [3.8, 4) is 17.4 Å². The number of benzene rings is 1. The summed E-state index contributed by atoms with van der Waals surface area (Å²) in [7, 11) is 0. The second kappa shape index (κ2) is 4.77. The summed E-state index contributed by atoms with van der Waals surface area (Å²) in [6.07, 6.45) is 0.808. The lowest BCUT2D eigenvalue weighted by molar-refractivity contribution is 0.0689. The molecule has 0 fully saturated rings. The molecule has 5 heteroatoms. The van der Waals surface area contributed by atoms with Crippen LogP contribution in [0.5, 0.6) is 17.4 Å². The Bertz CT molecular complexity index is 709. The van der Waals surface area contributed by atoms with Gasteiger partial charge in [-0.05, 0) is 26.0 Å². The van der Waals surface area contributed by atoms with E-state index < -0.39 is 5.97 Å². The Morgan fingerprint density at radius 2 is 2.05 bits per heavy atom. The van der Waals surface area contributed by atoms with Crippen molar-refractivity contribution < 1.29 is 19.4 Å². The zero-order valence-electron chi connectivity index (χ0n) is 11.8. The molecule has 21 heavy (non-hydrogen) atoms. The van der Waals surface area contributed by atoms with E-state index in [1.165, 1.54) is 6.07 Å². The van der Waals surface area contributed by atoms with Crippen LogP contribution >= 0.6 is 0 Å². The van der Waals surface area contributed by atoms with Gasteiger partial charge >= 0.3 is 5.97 Å². The van der Waals surface area contributed by atoms with Gasteiger partial charge in [-0.15, -0.1) is 0 Å². The molecule has 0 radical (unpaired) electrons. The minimum Gasteiger partial charge on any atom is -0.483 e. The van der Waals surface area contributed by atoms with Crippen LogP contribution < -0.4 is 9.47 Å². The molecule has 0 bridgehead atoms. The van der Waals surface area contributed by atoms with E-state index in [0.29, 0.717) is 11.5 Å². The fourth-order valence-electron chi connectivity index (χ4n) is 2.37. The molecule has 0 amide bonds. The van der Waals surface area contributed by atoms with E-state index in [0.717, 1.165) is 12.0 Å². The maximum Gasteiger partial charge on any atom is 0.354 e. The SMILES string of the molecule is CC1(C)Cc2cccc(Oc3cccc(C(=O)O)n3)c2O1. The second-order valence-corrected chi connectivity index (χ2v) is 5.55. The predicted octanol–water partition coefficient (Wildman–Crippen LogP) is 3.29. The monoisotopic (exact) mass is 285 g/mol. The van der Waals surface area contributed by atoms with Gasteiger partial charge in [-0.3, -0.25) is 0 Å². The number of carboxylic acid groups (broad SMARTS) is 1. The largest absolute Gasteiger partial charge is 0.483 e. The maximum atomic E-state index is 10.9. The quantitative estimate of drug-likeness (QED) is 0.937. The van der Waals surface area contributed by atoms with Gasteiger partial charge in [0.05, 0.1) is 0 Å². The van der Waals surface area contributed by atoms with Gasteiger partial charge in [0.1, 0.15) is 5.60 Å². The Balaban J connectivity index is 1.92. The molecular formula is C16H15NO4. The van der Waals surface area contributed by atoms with Crippen molar-refractivity contribution in [2.75, 3.05) is 0 Å². The zero-order valence-corrected chi connectivity index (χ0v) is 11.8. The van der Waals surface area contributed by atoms with Gasteiger partial charge in [0.25, 0.3) is 0 Å². The number of aromatic carboxylic acids is 1. The average Bonchev–Trinajstić information content (AvgIpc) is 2.74. The van der Waals surface area contributed by atoms with E-state index in [-0.39, 0.29) is 17.2 Å². The molecule has 1 aromatic carbocycles. The number of nitrogens with zero attached hydrogens (tertiary/aromatic N) is 1. The van der Waals surface area contributed by atoms with Crippen molar-refractivity contribution >= 4 is 5.97 Å². The van der Waals surface area contributed by atoms with Crippen LogP contribution in [-0.2, 0) is 6.42 Å². The van der Waals surface area contributed by atoms with Crippen LogP contribution in [-0.4, -0.2) is 21.7 Å². The smallest absolute Gasteiger partial charge is 0.354 e. The molecule has 0 unspecified atom stereocenters. The van der Waals surface area contributed by atoms with Gasteiger partial charge in [-0.2, -0.15) is 0 Å². The van der Waals surface area contributed by atoms with Crippen molar-refractivity contribution in [1.82, 2.24) is 4.98 Å². The van der Waals surface area contributed by atoms with Gasteiger partial charge in [-0.1, -0.05) is 18.2 Å². The number of para-hydroxylation sites is 1. The number of hydrogen-bond donors (Lipinski definition) is 1. The van der Waals surface area contributed by atoms with Gasteiger partial charge in [0, 0.05) is 18.1 Å². The molecule has 108 valence electrons. The van der Waals surface area contributed by atoms with Crippen molar-refractivity contribution in [3.05, 3.63) is 47.7 Å². The highest BCUT2D eigenvalue weighted by Crippen LogP contribution is 2.42. The van der Waals surface area contributed by atoms with Crippen LogP contribution in [0, 0.1) is 0 Å². The molecule has 1 aromatic heterocycles. The first-order valence-corrected chi connectivity index (χ1v) is 6.64. The summed E-state index contributed by atoms with van der Waals surface area (Å²) in [6, 6.07) is 10.3. The summed E-state index contributed by atoms with van der Waals surface area (Å²) >= 11 is 0. The number of pyridine rings is 1. The number of hydrogen-bond acceptors (Lipinski definition) is 4. The number of aromatic nitrogens is 1. The third-order valence-corrected chi connectivity index (χ3v) is 3.21. The van der Waals surface area contributed by atoms with Crippen LogP contribution in [0.25, 0.3) is 0 Å². The zero-order chi connectivity index (χ0) is 15.0. The number of carboxylic acids is 1. The van der Waals surface area contributed by atoms with Crippen molar-refractivity contribution in [2.45, 2.75) is 25.9 Å². The van der Waals surface area contributed by atoms with Gasteiger partial charge in [0.2, 0.25) is 5.88 Å². The normalized spacial score (nSPS) is 15.1. The van der Waals surface area contributed by atoms with Gasteiger partial charge in [0.15, 0.2) is 17.2 Å². The molecule has 0 spiro atoms. The topological polar surface area (TPSA) is 68.7 Å². The lowest BCUT2D eigenvalue weighted by Crippen LogP contribution is -2.24. The molecule has 0 saturated carbocycles. The second-order valence-electron chi connectivity index (χ2n) is 5.55. The Morgan fingerprint density at radius 1 is 1.29 bits per heavy atom. The molecule has 1 N–H and O–H groups in total. The van der Waals surface area contributed by atoms with Crippen LogP contribution in [0.2, 0.25) is 0 Å². The van der Waals surface area contributed by atoms with E-state index in [9.17, 15) is 4.79 Å². The Morgan fingerprint density at radius 3 is 2.81 bits per heavy atom. The lowest BCUT2D eigenvalue weighted by atomic mass is 10.0. The summed E-state index contributed by atoms with van der Waals surface area (Å²) in [5.41, 5.74) is 0.756. The highest BCUT2D eigenvalue weighted by atomic mass is 16.5. The van der Waals surface area contributed by atoms with Crippen molar-refractivity contribution in [3.63, 3.8) is 0 Å². The molecule has 5 nitrogen and oxygen atoms in total. The molecule has 0 aliphatic carbocycles. The highest BCUT2D eigenvalue weighted by molar-refractivity contribution is 5.85. The molecule has 0 atom stereocenters. The first-order valence-electron chi connectivity index (χ1n) is 6.64. The third kappa shape index (κ3) is 2.67. The predicted molar refractivity (Wildman–Crippen MR) is 76.1 cm³/mol. The first kappa shape index (κ1) is 13.4. The molecule has 1 aliphatic heterocycles. The van der Waals surface area contributed by atoms with E-state index in [4.69, 9.17) is 14.6 Å². The standard InChI is InChI=1S/C16H15NO4/c1-16(2)9-10-5-3-7-12(14(10)21-16)20-13-8-4-6-11(17-13)15(18)19/h3-8H,9H2,1-2H3,(H,18,19). The summed E-state index contributed by atoms with van der Waals surface area (Å²) in [5, 5.41) is 8.96. The minimum atomic E-state index is -1.09. The molecule has 1 aliphatic rings. The molecule has 2 heterocycles. The molecule has 0 saturated heterocycles. The Hall–Kier alpha value is -2.56. The van der Waals surface area contributed by atoms with Crippen LogP contribution in [0.1, 0.15) is 29.9 Å². The summed E-state index contributed by atoms with van der Waals surface area (Å²) < 4.78 is 11.6. The number of fused-ring (bicyclic) bond motifs is 1. The first-order chi connectivity index (χ1) is 9.94. The van der Waals surface area contributed by atoms with Crippen LogP contribution in [0.3, 0.4) is 0 Å². The van der Waals surface area contributed by atoms with E-state index in [2.05, 4.69) is 4.98 Å². The number of rotatable bonds is 3. The summed E-state index contributed by atoms with van der Waals surface area (Å²) in [6.45, 7) is 4.03. The van der Waals surface area contributed by atoms with Crippen molar-refractivity contribution in [2.24, 2.45) is 0 Å². The van der Waals surface area contributed by atoms with Crippen LogP contribution in [0.15, 0.2) is 36.4 Å². The lowest BCUT2D eigenvalue weighted by Gasteiger charge is -2.18. The minimum absolute atomic E-state index is 0.0543. The van der Waals surface area contributed by atoms with Crippen molar-refractivity contribution in [1.29, 1.82) is 0 Å². The van der Waals surface area contributed by atoms with E-state index >= 15 is 0 Å². The van der Waals surface area contributed by atoms with E-state index in [1.807, 2.05) is 26.0 Å². The fourth-order valence-corrected chi connectivity index (χ4v) is 2.37. The Kier molecular flexibility index (Phi) is 3.05. The molecule has 2 aromatic rings. The third-order valence-electron chi connectivity index (χ3n) is 3.21. The Labute approximate surface area is 122 Å². The fraction of sp³-hybridized carbons (Fsp3) is 0.250. The number of ether oxygens (including phenoxy) is 2. The highest BCUT2D eigenvalue weighted by Gasteiger charge is 2.32. The number of carbonyl (C=O) groups is 1. The van der Waals surface area contributed by atoms with Crippen LogP contribution in [0.4, 0.5) is 0 Å². The van der Waals surface area contributed by atoms with E-state index in [1.54, 1.807) is 18.2 Å². The summed E-state index contributed by atoms with van der Waals surface area (Å²) in [4.78, 5) is 14.9. The molecular weight excluding hydrogens is 270 g/mol.